The number of hydrogen-bond acceptors (Lipinski definition) is 4. The van der Waals surface area contributed by atoms with Crippen molar-refractivity contribution in [2.75, 3.05) is 22.8 Å². The van der Waals surface area contributed by atoms with Crippen molar-refractivity contribution in [3.8, 4) is 0 Å². The molecule has 1 fully saturated rings. The van der Waals surface area contributed by atoms with Crippen LogP contribution in [0, 0.1) is 13.8 Å². The number of carbonyl (C=O) groups excluding carboxylic acids is 1. The molecule has 0 saturated carbocycles. The molecule has 1 aliphatic heterocycles. The molecular weight excluding hydrogens is 475 g/mol. The van der Waals surface area contributed by atoms with E-state index >= 15 is 0 Å². The first kappa shape index (κ1) is 26.5. The van der Waals surface area contributed by atoms with E-state index in [2.05, 4.69) is 16.1 Å². The topological polar surface area (TPSA) is 94.7 Å². The van der Waals surface area contributed by atoms with E-state index in [1.54, 1.807) is 0 Å². The van der Waals surface area contributed by atoms with Gasteiger partial charge in [0.25, 0.3) is 10.2 Å². The number of rotatable bonds is 5. The molecule has 0 spiro atoms. The number of ether oxygens (including phenoxy) is 1. The quantitative estimate of drug-likeness (QED) is 0.619. The Bertz CT molecular complexity index is 1200. The molecule has 1 saturated heterocycles. The van der Waals surface area contributed by atoms with Crippen molar-refractivity contribution in [2.24, 2.45) is 7.05 Å². The van der Waals surface area contributed by atoms with Crippen LogP contribution in [0.4, 0.5) is 16.2 Å². The molecule has 2 heterocycles. The van der Waals surface area contributed by atoms with Gasteiger partial charge >= 0.3 is 29.6 Å². The van der Waals surface area contributed by atoms with E-state index in [1.807, 2.05) is 31.7 Å². The third-order valence-electron chi connectivity index (χ3n) is 7.68. The summed E-state index contributed by atoms with van der Waals surface area (Å²) in [7, 11) is -2.38. The first-order chi connectivity index (χ1) is 16.3. The van der Waals surface area contributed by atoms with Crippen molar-refractivity contribution in [1.29, 1.82) is 0 Å². The molecular formula is C25H33N4NaO4S. The summed E-state index contributed by atoms with van der Waals surface area (Å²) in [6, 6.07) is 1.15. The minimum absolute atomic E-state index is 0. The third kappa shape index (κ3) is 5.03. The summed E-state index contributed by atoms with van der Waals surface area (Å²) < 4.78 is 39.7. The Labute approximate surface area is 230 Å². The zero-order valence-corrected chi connectivity index (χ0v) is 24.0. The Kier molecular flexibility index (Phi) is 7.93. The van der Waals surface area contributed by atoms with E-state index < -0.39 is 16.2 Å². The maximum absolute atomic E-state index is 13.6. The zero-order chi connectivity index (χ0) is 24.0. The van der Waals surface area contributed by atoms with Gasteiger partial charge in [0.2, 0.25) is 0 Å². The van der Waals surface area contributed by atoms with Crippen LogP contribution < -0.4 is 39.2 Å². The van der Waals surface area contributed by atoms with E-state index in [1.165, 1.54) is 15.4 Å². The number of amides is 2. The number of aromatic nitrogens is 1. The SMILES string of the molecule is Cc1c(N(C2CCOCC2)S(=O)(=O)[N-]C(=O)Nc2c3c(cc4c2CCC4)CCC3)cn(C)c1C.[Na+]. The first-order valence-corrected chi connectivity index (χ1v) is 13.6. The van der Waals surface area contributed by atoms with Crippen LogP contribution >= 0.6 is 0 Å². The molecule has 0 atom stereocenters. The average Bonchev–Trinajstić information content (AvgIpc) is 3.51. The van der Waals surface area contributed by atoms with Crippen molar-refractivity contribution in [1.82, 2.24) is 4.57 Å². The van der Waals surface area contributed by atoms with Crippen molar-refractivity contribution in [3.63, 3.8) is 0 Å². The predicted molar refractivity (Wildman–Crippen MR) is 133 cm³/mol. The summed E-state index contributed by atoms with van der Waals surface area (Å²) >= 11 is 0. The summed E-state index contributed by atoms with van der Waals surface area (Å²) in [5, 5.41) is 2.90. The molecule has 1 aromatic heterocycles. The Morgan fingerprint density at radius 1 is 1.09 bits per heavy atom. The van der Waals surface area contributed by atoms with E-state index in [-0.39, 0.29) is 35.6 Å². The van der Waals surface area contributed by atoms with Crippen LogP contribution in [-0.2, 0) is 47.7 Å². The number of aryl methyl sites for hydroxylation is 3. The number of fused-ring (bicyclic) bond motifs is 2. The number of anilines is 2. The van der Waals surface area contributed by atoms with Gasteiger partial charge in [0.15, 0.2) is 6.03 Å². The number of carbonyl (C=O) groups is 1. The van der Waals surface area contributed by atoms with Crippen LogP contribution in [0.5, 0.6) is 0 Å². The monoisotopic (exact) mass is 508 g/mol. The minimum atomic E-state index is -4.27. The summed E-state index contributed by atoms with van der Waals surface area (Å²) in [6.07, 6.45) is 8.86. The van der Waals surface area contributed by atoms with Gasteiger partial charge in [0.05, 0.1) is 5.69 Å². The van der Waals surface area contributed by atoms with Gasteiger partial charge < -0.3 is 19.3 Å². The molecule has 2 aliphatic carbocycles. The smallest absolute Gasteiger partial charge is 0.423 e. The number of hydrogen-bond donors (Lipinski definition) is 1. The van der Waals surface area contributed by atoms with Gasteiger partial charge in [-0.1, -0.05) is 6.07 Å². The van der Waals surface area contributed by atoms with Crippen molar-refractivity contribution >= 4 is 27.6 Å². The van der Waals surface area contributed by atoms with Gasteiger partial charge in [-0.15, -0.1) is 0 Å². The average molecular weight is 509 g/mol. The number of nitrogens with zero attached hydrogens (tertiary/aromatic N) is 3. The predicted octanol–water partition coefficient (Wildman–Crippen LogP) is 1.46. The van der Waals surface area contributed by atoms with Crippen molar-refractivity contribution < 1.29 is 47.5 Å². The van der Waals surface area contributed by atoms with Crippen molar-refractivity contribution in [3.05, 3.63) is 50.5 Å². The second kappa shape index (κ2) is 10.5. The van der Waals surface area contributed by atoms with Gasteiger partial charge in [-0.25, -0.2) is 8.42 Å². The molecule has 10 heteroatoms. The second-order valence-electron chi connectivity index (χ2n) is 9.71. The summed E-state index contributed by atoms with van der Waals surface area (Å²) in [5.74, 6) is 0. The molecule has 1 N–H and O–H groups in total. The van der Waals surface area contributed by atoms with Gasteiger partial charge in [0.1, 0.15) is 0 Å². The fraction of sp³-hybridized carbons (Fsp3) is 0.560. The van der Waals surface area contributed by atoms with Crippen LogP contribution in [0.3, 0.4) is 0 Å². The van der Waals surface area contributed by atoms with E-state index in [9.17, 15) is 13.2 Å². The van der Waals surface area contributed by atoms with Gasteiger partial charge in [-0.05, 0) is 98.7 Å². The van der Waals surface area contributed by atoms with Gasteiger partial charge in [0, 0.05) is 38.2 Å². The summed E-state index contributed by atoms with van der Waals surface area (Å²) in [6.45, 7) is 4.82. The first-order valence-electron chi connectivity index (χ1n) is 12.2. The molecule has 35 heavy (non-hydrogen) atoms. The van der Waals surface area contributed by atoms with Gasteiger partial charge in [-0.2, -0.15) is 0 Å². The number of nitrogens with one attached hydrogen (secondary N) is 1. The van der Waals surface area contributed by atoms with E-state index in [0.29, 0.717) is 31.7 Å². The Balaban J connectivity index is 0.00000289. The molecule has 2 aromatic rings. The molecule has 8 nitrogen and oxygen atoms in total. The number of benzene rings is 1. The fourth-order valence-electron chi connectivity index (χ4n) is 5.72. The molecule has 0 radical (unpaired) electrons. The summed E-state index contributed by atoms with van der Waals surface area (Å²) in [4.78, 5) is 13.1. The maximum atomic E-state index is 13.6. The van der Waals surface area contributed by atoms with Gasteiger partial charge in [-0.3, -0.25) is 9.10 Å². The Morgan fingerprint density at radius 3 is 2.23 bits per heavy atom. The molecule has 2 amide bonds. The van der Waals surface area contributed by atoms with Crippen LogP contribution in [0.25, 0.3) is 4.72 Å². The van der Waals surface area contributed by atoms with Crippen LogP contribution in [0.1, 0.15) is 59.2 Å². The summed E-state index contributed by atoms with van der Waals surface area (Å²) in [5.41, 5.74) is 8.07. The standard InChI is InChI=1S/C25H34N4O4S.Na/c1-16-17(2)28(3)15-23(16)29(20-10-12-33-13-11-20)34(31,32)27-25(30)26-24-21-8-4-6-18(21)14-19-7-5-9-22(19)24;/h14-15,20H,4-13H2,1-3H3,(H2,26,27,30);/q;+1/p-1. The molecule has 0 bridgehead atoms. The normalized spacial score (nSPS) is 17.5. The fourth-order valence-corrected chi connectivity index (χ4v) is 7.09. The Hall–Kier alpha value is -1.52. The molecule has 1 aromatic carbocycles. The molecule has 184 valence electrons. The minimum Gasteiger partial charge on any atom is -0.423 e. The van der Waals surface area contributed by atoms with E-state index in [0.717, 1.165) is 66.6 Å². The van der Waals surface area contributed by atoms with E-state index in [4.69, 9.17) is 4.74 Å². The molecule has 0 unspecified atom stereocenters. The Morgan fingerprint density at radius 2 is 1.69 bits per heavy atom. The second-order valence-corrected chi connectivity index (χ2v) is 11.2. The van der Waals surface area contributed by atoms with Crippen LogP contribution in [-0.4, -0.2) is 38.3 Å². The molecule has 5 rings (SSSR count). The zero-order valence-electron chi connectivity index (χ0n) is 21.2. The largest absolute Gasteiger partial charge is 1.00 e. The number of urea groups is 1. The van der Waals surface area contributed by atoms with Crippen LogP contribution in [0.15, 0.2) is 12.3 Å². The third-order valence-corrected chi connectivity index (χ3v) is 9.07. The molecule has 3 aliphatic rings. The maximum Gasteiger partial charge on any atom is 1.00 e. The van der Waals surface area contributed by atoms with Crippen LogP contribution in [0.2, 0.25) is 0 Å². The van der Waals surface area contributed by atoms with Crippen molar-refractivity contribution in [2.45, 2.75) is 71.3 Å².